The summed E-state index contributed by atoms with van der Waals surface area (Å²) in [6, 6.07) is 23.6. The van der Waals surface area contributed by atoms with Crippen molar-refractivity contribution in [3.8, 4) is 12.8 Å². The van der Waals surface area contributed by atoms with Crippen LogP contribution < -0.4 is 5.73 Å². The van der Waals surface area contributed by atoms with Gasteiger partial charge in [-0.2, -0.15) is 39.5 Å². The maximum Gasteiger partial charge on any atom is 0.416 e. The van der Waals surface area contributed by atoms with Gasteiger partial charge in [0.05, 0.1) is 16.1 Å². The maximum atomic E-state index is 13.2. The number of halogens is 10. The van der Waals surface area contributed by atoms with Gasteiger partial charge in [-0.1, -0.05) is 92.7 Å². The second kappa shape index (κ2) is 20.4. The predicted molar refractivity (Wildman–Crippen MR) is 186 cm³/mol. The van der Waals surface area contributed by atoms with Crippen LogP contribution in [0.2, 0.25) is 5.02 Å². The number of terminal acetylenes is 1. The monoisotopic (exact) mass is 742 g/mol. The largest absolute Gasteiger partial charge is 0.416 e. The minimum atomic E-state index is -4.62. The molecule has 12 heteroatoms. The predicted octanol–water partition coefficient (Wildman–Crippen LogP) is 12.2. The molecule has 0 aliphatic rings. The number of nitrogens with zero attached hydrogens (tertiary/aromatic N) is 1. The van der Waals surface area contributed by atoms with Crippen LogP contribution in [0.25, 0.3) is 0 Å². The van der Waals surface area contributed by atoms with Crippen molar-refractivity contribution in [1.82, 2.24) is 4.98 Å². The van der Waals surface area contributed by atoms with Gasteiger partial charge >= 0.3 is 18.5 Å². The van der Waals surface area contributed by atoms with Gasteiger partial charge in [0.15, 0.2) is 0 Å². The lowest BCUT2D eigenvalue weighted by atomic mass is 9.75. The molecule has 0 aliphatic heterocycles. The zero-order valence-electron chi connectivity index (χ0n) is 28.1. The molecule has 0 spiro atoms. The average molecular weight is 743 g/mol. The third-order valence-corrected chi connectivity index (χ3v) is 7.95. The minimum absolute atomic E-state index is 0.0984. The van der Waals surface area contributed by atoms with Gasteiger partial charge in [0, 0.05) is 17.6 Å². The Morgan fingerprint density at radius 2 is 1.27 bits per heavy atom. The van der Waals surface area contributed by atoms with E-state index < -0.39 is 35.1 Å². The lowest BCUT2D eigenvalue weighted by Crippen LogP contribution is -2.45. The number of aromatic nitrogens is 1. The zero-order valence-corrected chi connectivity index (χ0v) is 28.9. The van der Waals surface area contributed by atoms with Gasteiger partial charge in [-0.3, -0.25) is 4.98 Å². The van der Waals surface area contributed by atoms with Gasteiger partial charge in [0.2, 0.25) is 0 Å². The highest BCUT2D eigenvalue weighted by atomic mass is 35.5. The molecule has 0 radical (unpaired) electrons. The first-order valence-corrected chi connectivity index (χ1v) is 16.1. The molecule has 1 atom stereocenters. The van der Waals surface area contributed by atoms with Crippen molar-refractivity contribution in [2.24, 2.45) is 5.73 Å². The molecule has 0 saturated carbocycles. The lowest BCUT2D eigenvalue weighted by Gasteiger charge is -2.35. The van der Waals surface area contributed by atoms with Crippen molar-refractivity contribution in [1.29, 1.82) is 0 Å². The van der Waals surface area contributed by atoms with Gasteiger partial charge in [0.1, 0.15) is 5.41 Å². The summed E-state index contributed by atoms with van der Waals surface area (Å²) in [6.07, 6.45) is 0.345. The highest BCUT2D eigenvalue weighted by Gasteiger charge is 2.55. The number of rotatable bonds is 9. The van der Waals surface area contributed by atoms with E-state index in [2.05, 4.69) is 54.7 Å². The van der Waals surface area contributed by atoms with Gasteiger partial charge in [-0.05, 0) is 85.5 Å². The second-order valence-corrected chi connectivity index (χ2v) is 11.5. The first-order chi connectivity index (χ1) is 23.9. The molecule has 4 aromatic rings. The first-order valence-electron chi connectivity index (χ1n) is 15.7. The first kappa shape index (κ1) is 44.6. The number of allylic oxidation sites excluding steroid dienone is 1. The average Bonchev–Trinajstić information content (AvgIpc) is 3.08. The summed E-state index contributed by atoms with van der Waals surface area (Å²) in [4.78, 5) is 4.29. The number of aryl methyl sites for hydroxylation is 3. The molecule has 3 aromatic carbocycles. The Balaban J connectivity index is 0.000000373. The fourth-order valence-corrected chi connectivity index (χ4v) is 5.17. The standard InChI is InChI=1S/C15H16ClN.C12H14F3N.C10H8F6.C2H2/c16-14-10-11-15(17-12-14)9-5-4-8-13-6-2-1-3-7-13;1-3-11(9(2)16,12(13,14)15)10-7-5-4-6-8-10;1-2-6-5-7(9(11,12)13)3-4-8(6)10(14,15)16;1-2/h1-3,6-7,10-12H,4-5,8-9H2;4-8H,2-3,16H2,1H3;3-5H,2H2,1H3;1-2H/t;11-;;/m.0../s1. The van der Waals surface area contributed by atoms with E-state index in [0.717, 1.165) is 18.5 Å². The van der Waals surface area contributed by atoms with E-state index >= 15 is 0 Å². The second-order valence-electron chi connectivity index (χ2n) is 11.0. The smallest absolute Gasteiger partial charge is 0.402 e. The van der Waals surface area contributed by atoms with E-state index in [-0.39, 0.29) is 29.7 Å². The number of nitrogens with two attached hydrogens (primary N) is 1. The molecule has 0 fully saturated rings. The fourth-order valence-electron chi connectivity index (χ4n) is 5.06. The summed E-state index contributed by atoms with van der Waals surface area (Å²) in [5.41, 5.74) is 3.14. The number of alkyl halides is 9. The molecule has 0 unspecified atom stereocenters. The molecule has 2 nitrogen and oxygen atoms in total. The molecule has 51 heavy (non-hydrogen) atoms. The number of hydrogen-bond acceptors (Lipinski definition) is 2. The van der Waals surface area contributed by atoms with Crippen molar-refractivity contribution in [3.63, 3.8) is 0 Å². The Hall–Kier alpha value is -4.43. The zero-order chi connectivity index (χ0) is 38.9. The van der Waals surface area contributed by atoms with Crippen LogP contribution in [0.15, 0.2) is 109 Å². The summed E-state index contributed by atoms with van der Waals surface area (Å²) in [7, 11) is 0. The Morgan fingerprint density at radius 3 is 1.71 bits per heavy atom. The lowest BCUT2D eigenvalue weighted by molar-refractivity contribution is -0.180. The van der Waals surface area contributed by atoms with Crippen LogP contribution in [0, 0.1) is 12.8 Å². The van der Waals surface area contributed by atoms with Crippen LogP contribution in [0.5, 0.6) is 0 Å². The van der Waals surface area contributed by atoms with E-state index in [9.17, 15) is 39.5 Å². The number of unbranched alkanes of at least 4 members (excludes halogenated alkanes) is 1. The van der Waals surface area contributed by atoms with Crippen LogP contribution in [0.4, 0.5) is 39.5 Å². The number of hydrogen-bond donors (Lipinski definition) is 1. The Labute approximate surface area is 298 Å². The van der Waals surface area contributed by atoms with E-state index in [0.29, 0.717) is 23.2 Å². The molecule has 276 valence electrons. The normalized spacial score (nSPS) is 12.4. The highest BCUT2D eigenvalue weighted by Crippen LogP contribution is 2.46. The van der Waals surface area contributed by atoms with E-state index in [4.69, 9.17) is 17.3 Å². The van der Waals surface area contributed by atoms with Crippen LogP contribution in [-0.4, -0.2) is 11.2 Å². The van der Waals surface area contributed by atoms with Crippen LogP contribution in [0.1, 0.15) is 66.6 Å². The Bertz CT molecular complexity index is 1610. The topological polar surface area (TPSA) is 38.9 Å². The van der Waals surface area contributed by atoms with Crippen LogP contribution in [-0.2, 0) is 37.0 Å². The minimum Gasteiger partial charge on any atom is -0.402 e. The molecule has 0 bridgehead atoms. The third kappa shape index (κ3) is 13.7. The van der Waals surface area contributed by atoms with Gasteiger partial charge in [0.25, 0.3) is 0 Å². The molecule has 4 rings (SSSR count). The highest BCUT2D eigenvalue weighted by molar-refractivity contribution is 6.30. The van der Waals surface area contributed by atoms with Crippen molar-refractivity contribution in [2.45, 2.75) is 76.3 Å². The SMILES string of the molecule is C#C.C=C(N)[C@@](CC)(c1ccccc1)C(F)(F)F.CCc1cc(C(F)(F)F)ccc1C(F)(F)F.Clc1ccc(CCCCc2ccccc2)nc1. The van der Waals surface area contributed by atoms with E-state index in [1.165, 1.54) is 44.4 Å². The molecular weight excluding hydrogens is 703 g/mol. The molecule has 0 saturated heterocycles. The quantitative estimate of drug-likeness (QED) is 0.105. The fraction of sp³-hybridized carbons (Fsp3) is 0.308. The van der Waals surface area contributed by atoms with Crippen LogP contribution in [0.3, 0.4) is 0 Å². The van der Waals surface area contributed by atoms with E-state index in [1.54, 1.807) is 24.4 Å². The van der Waals surface area contributed by atoms with Crippen molar-refractivity contribution < 1.29 is 39.5 Å². The van der Waals surface area contributed by atoms with Crippen molar-refractivity contribution >= 4 is 11.6 Å². The Kier molecular flexibility index (Phi) is 17.9. The Morgan fingerprint density at radius 1 is 0.725 bits per heavy atom. The van der Waals surface area contributed by atoms with Crippen molar-refractivity contribution in [3.05, 3.63) is 148 Å². The molecule has 2 N–H and O–H groups in total. The van der Waals surface area contributed by atoms with Gasteiger partial charge in [-0.25, -0.2) is 0 Å². The molecule has 0 amide bonds. The van der Waals surface area contributed by atoms with Gasteiger partial charge < -0.3 is 5.73 Å². The summed E-state index contributed by atoms with van der Waals surface area (Å²) < 4.78 is 113. The summed E-state index contributed by atoms with van der Waals surface area (Å²) in [5, 5.41) is 0.707. The molecule has 0 aliphatic carbocycles. The maximum absolute atomic E-state index is 13.2. The molecule has 1 aromatic heterocycles. The van der Waals surface area contributed by atoms with Gasteiger partial charge in [-0.15, -0.1) is 12.8 Å². The third-order valence-electron chi connectivity index (χ3n) is 7.73. The summed E-state index contributed by atoms with van der Waals surface area (Å²) in [5.74, 6) is 0. The molecule has 1 heterocycles. The van der Waals surface area contributed by atoms with E-state index in [1.807, 2.05) is 12.1 Å². The van der Waals surface area contributed by atoms with Crippen LogP contribution >= 0.6 is 11.6 Å². The summed E-state index contributed by atoms with van der Waals surface area (Å²) >= 11 is 5.79. The number of benzene rings is 3. The number of pyridine rings is 1. The van der Waals surface area contributed by atoms with Crippen molar-refractivity contribution in [2.75, 3.05) is 0 Å². The molecular formula is C39H40ClF9N2. The summed E-state index contributed by atoms with van der Waals surface area (Å²) in [6.45, 7) is 6.14.